The van der Waals surface area contributed by atoms with Gasteiger partial charge in [-0.2, -0.15) is 0 Å². The second-order valence-corrected chi connectivity index (χ2v) is 9.00. The van der Waals surface area contributed by atoms with Gasteiger partial charge in [-0.05, 0) is 58.0 Å². The smallest absolute Gasteiger partial charge is 0.234 e. The Labute approximate surface area is 182 Å². The Balaban J connectivity index is 1.43. The summed E-state index contributed by atoms with van der Waals surface area (Å²) in [5.74, 6) is 1.05. The maximum Gasteiger partial charge on any atom is 0.234 e. The van der Waals surface area contributed by atoms with Crippen LogP contribution in [0.2, 0.25) is 0 Å². The highest BCUT2D eigenvalue weighted by molar-refractivity contribution is 5.80. The second-order valence-electron chi connectivity index (χ2n) is 9.00. The first-order valence-electron chi connectivity index (χ1n) is 11.9. The lowest BCUT2D eigenvalue weighted by molar-refractivity contribution is -0.122. The van der Waals surface area contributed by atoms with Crippen molar-refractivity contribution in [2.75, 3.05) is 66.1 Å². The Hall–Kier alpha value is -1.38. The number of ether oxygens (including phenoxy) is 1. The number of piperidine rings is 1. The van der Waals surface area contributed by atoms with Crippen molar-refractivity contribution in [3.05, 3.63) is 0 Å². The second kappa shape index (κ2) is 11.9. The number of guanidine groups is 1. The van der Waals surface area contributed by atoms with Crippen LogP contribution in [0.1, 0.15) is 51.9 Å². The quantitative estimate of drug-likeness (QED) is 0.396. The summed E-state index contributed by atoms with van der Waals surface area (Å²) in [5.41, 5.74) is 0.196. The Morgan fingerprint density at radius 2 is 1.80 bits per heavy atom. The van der Waals surface area contributed by atoms with Crippen molar-refractivity contribution in [3.8, 4) is 0 Å². The number of carbonyl (C=O) groups is 1. The van der Waals surface area contributed by atoms with Crippen LogP contribution in [0.3, 0.4) is 0 Å². The molecule has 8 heteroatoms. The largest absolute Gasteiger partial charge is 0.381 e. The first-order valence-corrected chi connectivity index (χ1v) is 11.9. The Morgan fingerprint density at radius 3 is 2.43 bits per heavy atom. The maximum absolute atomic E-state index is 11.9. The molecule has 0 bridgehead atoms. The molecular formula is C22H42N6O2. The van der Waals surface area contributed by atoms with E-state index >= 15 is 0 Å². The summed E-state index contributed by atoms with van der Waals surface area (Å²) in [5, 5.41) is 10.2. The van der Waals surface area contributed by atoms with Gasteiger partial charge in [-0.3, -0.25) is 19.6 Å². The van der Waals surface area contributed by atoms with Gasteiger partial charge in [0.2, 0.25) is 5.91 Å². The number of hydrogen-bond acceptors (Lipinski definition) is 5. The molecule has 172 valence electrons. The van der Waals surface area contributed by atoms with E-state index in [4.69, 9.17) is 4.74 Å². The van der Waals surface area contributed by atoms with Crippen molar-refractivity contribution >= 4 is 11.9 Å². The molecule has 3 saturated heterocycles. The van der Waals surface area contributed by atoms with Gasteiger partial charge in [0.05, 0.1) is 6.54 Å². The summed E-state index contributed by atoms with van der Waals surface area (Å²) in [6, 6.07) is 0.406. The van der Waals surface area contributed by atoms with Crippen molar-refractivity contribution in [1.29, 1.82) is 0 Å². The van der Waals surface area contributed by atoms with Crippen LogP contribution in [0.15, 0.2) is 4.99 Å². The van der Waals surface area contributed by atoms with E-state index < -0.39 is 0 Å². The molecule has 3 aliphatic heterocycles. The fraction of sp³-hybridized carbons (Fsp3) is 0.909. The number of nitrogens with one attached hydrogen (secondary N) is 3. The number of amides is 1. The van der Waals surface area contributed by atoms with Crippen molar-refractivity contribution < 1.29 is 9.53 Å². The molecule has 3 rings (SSSR count). The molecule has 3 heterocycles. The minimum absolute atomic E-state index is 0.143. The van der Waals surface area contributed by atoms with E-state index in [0.29, 0.717) is 12.6 Å². The van der Waals surface area contributed by atoms with E-state index in [0.717, 1.165) is 77.5 Å². The molecule has 0 radical (unpaired) electrons. The van der Waals surface area contributed by atoms with Crippen LogP contribution in [0.4, 0.5) is 0 Å². The zero-order valence-electron chi connectivity index (χ0n) is 19.0. The average Bonchev–Trinajstić information content (AvgIpc) is 3.33. The fourth-order valence-electron chi connectivity index (χ4n) is 4.94. The van der Waals surface area contributed by atoms with Gasteiger partial charge in [0.1, 0.15) is 0 Å². The van der Waals surface area contributed by atoms with Crippen LogP contribution in [0, 0.1) is 0 Å². The van der Waals surface area contributed by atoms with E-state index in [1.165, 1.54) is 25.9 Å². The minimum atomic E-state index is 0.143. The number of nitrogens with zero attached hydrogens (tertiary/aromatic N) is 3. The molecule has 0 atom stereocenters. The van der Waals surface area contributed by atoms with Crippen LogP contribution < -0.4 is 16.0 Å². The highest BCUT2D eigenvalue weighted by Crippen LogP contribution is 2.30. The Morgan fingerprint density at radius 1 is 1.10 bits per heavy atom. The summed E-state index contributed by atoms with van der Waals surface area (Å²) in [4.78, 5) is 21.4. The van der Waals surface area contributed by atoms with Gasteiger partial charge in [0.15, 0.2) is 5.96 Å². The highest BCUT2D eigenvalue weighted by atomic mass is 16.5. The van der Waals surface area contributed by atoms with E-state index in [1.807, 2.05) is 7.05 Å². The van der Waals surface area contributed by atoms with Gasteiger partial charge >= 0.3 is 0 Å². The molecule has 30 heavy (non-hydrogen) atoms. The molecular weight excluding hydrogens is 380 g/mol. The fourth-order valence-corrected chi connectivity index (χ4v) is 4.94. The summed E-state index contributed by atoms with van der Waals surface area (Å²) >= 11 is 0. The molecule has 0 saturated carbocycles. The molecule has 0 aromatic carbocycles. The lowest BCUT2D eigenvalue weighted by Gasteiger charge is -2.45. The molecule has 3 N–H and O–H groups in total. The molecule has 0 aliphatic carbocycles. The number of hydrogen-bond donors (Lipinski definition) is 3. The summed E-state index contributed by atoms with van der Waals surface area (Å²) in [6.45, 7) is 10.3. The van der Waals surface area contributed by atoms with Crippen LogP contribution in [-0.4, -0.2) is 99.3 Å². The first-order chi connectivity index (χ1) is 14.6. The number of carbonyl (C=O) groups excluding carboxylic acids is 1. The summed E-state index contributed by atoms with van der Waals surface area (Å²) < 4.78 is 5.66. The standard InChI is InChI=1S/C22H42N6O2/c1-3-10-24-20(29)17-27-13-6-19(7-14-27)26-21(23-2)25-18-22(8-15-30-16-9-22)28-11-4-5-12-28/h19H,3-18H2,1-2H3,(H,24,29)(H2,23,25,26). The molecule has 1 amide bonds. The highest BCUT2D eigenvalue weighted by Gasteiger charge is 2.39. The zero-order chi connectivity index (χ0) is 21.2. The molecule has 0 unspecified atom stereocenters. The van der Waals surface area contributed by atoms with E-state index in [1.54, 1.807) is 0 Å². The maximum atomic E-state index is 11.9. The lowest BCUT2D eigenvalue weighted by Crippen LogP contribution is -2.59. The molecule has 3 aliphatic rings. The van der Waals surface area contributed by atoms with Crippen LogP contribution in [-0.2, 0) is 9.53 Å². The van der Waals surface area contributed by atoms with Crippen LogP contribution in [0.25, 0.3) is 0 Å². The Bertz CT molecular complexity index is 550. The number of aliphatic imine (C=N–C) groups is 1. The number of likely N-dealkylation sites (tertiary alicyclic amines) is 2. The Kier molecular flexibility index (Phi) is 9.21. The van der Waals surface area contributed by atoms with Gasteiger partial charge in [0, 0.05) is 58.0 Å². The third kappa shape index (κ3) is 6.56. The number of rotatable bonds is 8. The van der Waals surface area contributed by atoms with Gasteiger partial charge in [-0.25, -0.2) is 0 Å². The lowest BCUT2D eigenvalue weighted by atomic mass is 9.88. The normalized spacial score (nSPS) is 24.0. The molecule has 0 aromatic heterocycles. The monoisotopic (exact) mass is 422 g/mol. The zero-order valence-corrected chi connectivity index (χ0v) is 19.0. The van der Waals surface area contributed by atoms with Gasteiger partial charge in [0.25, 0.3) is 0 Å². The summed E-state index contributed by atoms with van der Waals surface area (Å²) in [6.07, 6.45) is 7.86. The average molecular weight is 423 g/mol. The van der Waals surface area contributed by atoms with Gasteiger partial charge in [-0.15, -0.1) is 0 Å². The molecule has 0 spiro atoms. The predicted molar refractivity (Wildman–Crippen MR) is 121 cm³/mol. The molecule has 8 nitrogen and oxygen atoms in total. The topological polar surface area (TPSA) is 81.2 Å². The third-order valence-electron chi connectivity index (χ3n) is 6.88. The summed E-state index contributed by atoms with van der Waals surface area (Å²) in [7, 11) is 1.86. The van der Waals surface area contributed by atoms with E-state index in [9.17, 15) is 4.79 Å². The molecule has 3 fully saturated rings. The van der Waals surface area contributed by atoms with Gasteiger partial charge < -0.3 is 20.7 Å². The molecule has 0 aromatic rings. The van der Waals surface area contributed by atoms with Crippen LogP contribution >= 0.6 is 0 Å². The van der Waals surface area contributed by atoms with E-state index in [-0.39, 0.29) is 11.4 Å². The minimum Gasteiger partial charge on any atom is -0.381 e. The van der Waals surface area contributed by atoms with Gasteiger partial charge in [-0.1, -0.05) is 6.92 Å². The van der Waals surface area contributed by atoms with Crippen molar-refractivity contribution in [2.24, 2.45) is 4.99 Å². The van der Waals surface area contributed by atoms with Crippen LogP contribution in [0.5, 0.6) is 0 Å². The van der Waals surface area contributed by atoms with Crippen molar-refractivity contribution in [2.45, 2.75) is 63.5 Å². The van der Waals surface area contributed by atoms with Crippen molar-refractivity contribution in [3.63, 3.8) is 0 Å². The van der Waals surface area contributed by atoms with E-state index in [2.05, 4.69) is 37.7 Å². The third-order valence-corrected chi connectivity index (χ3v) is 6.88. The van der Waals surface area contributed by atoms with Crippen molar-refractivity contribution in [1.82, 2.24) is 25.8 Å². The SMILES string of the molecule is CCCNC(=O)CN1CCC(NC(=NC)NCC2(N3CCCC3)CCOCC2)CC1. The first kappa shape index (κ1) is 23.3. The predicted octanol–water partition coefficient (Wildman–Crippen LogP) is 0.787.